The zero-order valence-corrected chi connectivity index (χ0v) is 10.2. The molecular formula is C13H15NO3. The lowest BCUT2D eigenvalue weighted by molar-refractivity contribution is 0.0524. The third-order valence-electron chi connectivity index (χ3n) is 2.45. The molecule has 1 rings (SSSR count). The highest BCUT2D eigenvalue weighted by molar-refractivity contribution is 5.95. The zero-order chi connectivity index (χ0) is 12.8. The van der Waals surface area contributed by atoms with Crippen molar-refractivity contribution in [2.75, 3.05) is 13.7 Å². The summed E-state index contributed by atoms with van der Waals surface area (Å²) in [7, 11) is 1.47. The Balaban J connectivity index is 3.41. The van der Waals surface area contributed by atoms with Crippen molar-refractivity contribution in [2.24, 2.45) is 0 Å². The lowest BCUT2D eigenvalue weighted by Gasteiger charge is -2.11. The number of rotatable bonds is 4. The predicted octanol–water partition coefficient (Wildman–Crippen LogP) is 2.31. The number of carbonyl (C=O) groups excluding carboxylic acids is 1. The molecule has 0 aliphatic carbocycles. The predicted molar refractivity (Wildman–Crippen MR) is 63.0 cm³/mol. The number of benzene rings is 1. The van der Waals surface area contributed by atoms with E-state index in [0.29, 0.717) is 17.7 Å². The molecule has 1 aromatic carbocycles. The van der Waals surface area contributed by atoms with Crippen LogP contribution in [-0.2, 0) is 11.2 Å². The summed E-state index contributed by atoms with van der Waals surface area (Å²) >= 11 is 0. The maximum absolute atomic E-state index is 11.8. The Hall–Kier alpha value is -2.02. The molecule has 0 aliphatic heterocycles. The summed E-state index contributed by atoms with van der Waals surface area (Å²) in [5.74, 6) is -0.0763. The van der Waals surface area contributed by atoms with Crippen molar-refractivity contribution in [3.63, 3.8) is 0 Å². The van der Waals surface area contributed by atoms with E-state index < -0.39 is 5.97 Å². The van der Waals surface area contributed by atoms with Crippen LogP contribution in [0.15, 0.2) is 12.1 Å². The Morgan fingerprint density at radius 1 is 1.41 bits per heavy atom. The summed E-state index contributed by atoms with van der Waals surface area (Å²) in [6.07, 6.45) is 0.660. The molecule has 0 saturated carbocycles. The SMILES string of the molecule is CCOC(=O)c1c(CC)ccc(OC)c1C#N. The molecule has 17 heavy (non-hydrogen) atoms. The maximum Gasteiger partial charge on any atom is 0.339 e. The Morgan fingerprint density at radius 3 is 2.59 bits per heavy atom. The summed E-state index contributed by atoms with van der Waals surface area (Å²) < 4.78 is 10.0. The molecule has 4 nitrogen and oxygen atoms in total. The van der Waals surface area contributed by atoms with E-state index in [2.05, 4.69) is 0 Å². The number of carbonyl (C=O) groups is 1. The van der Waals surface area contributed by atoms with Crippen LogP contribution in [-0.4, -0.2) is 19.7 Å². The van der Waals surface area contributed by atoms with Gasteiger partial charge in [0.1, 0.15) is 17.4 Å². The van der Waals surface area contributed by atoms with Crippen LogP contribution in [0.4, 0.5) is 0 Å². The quantitative estimate of drug-likeness (QED) is 0.749. The summed E-state index contributed by atoms with van der Waals surface area (Å²) in [4.78, 5) is 11.8. The molecule has 0 fully saturated rings. The van der Waals surface area contributed by atoms with Gasteiger partial charge in [-0.15, -0.1) is 0 Å². The lowest BCUT2D eigenvalue weighted by Crippen LogP contribution is -2.11. The number of nitrogens with zero attached hydrogens (tertiary/aromatic N) is 1. The van der Waals surface area contributed by atoms with Gasteiger partial charge >= 0.3 is 5.97 Å². The Kier molecular flexibility index (Phi) is 4.53. The van der Waals surface area contributed by atoms with Gasteiger partial charge in [0.25, 0.3) is 0 Å². The molecule has 0 aliphatic rings. The average Bonchev–Trinajstić information content (AvgIpc) is 2.36. The van der Waals surface area contributed by atoms with Gasteiger partial charge in [-0.1, -0.05) is 13.0 Å². The highest BCUT2D eigenvalue weighted by Gasteiger charge is 2.20. The molecule has 0 N–H and O–H groups in total. The largest absolute Gasteiger partial charge is 0.495 e. The number of esters is 1. The van der Waals surface area contributed by atoms with Crippen molar-refractivity contribution < 1.29 is 14.3 Å². The minimum absolute atomic E-state index is 0.241. The lowest BCUT2D eigenvalue weighted by atomic mass is 9.99. The molecule has 0 spiro atoms. The van der Waals surface area contributed by atoms with Crippen molar-refractivity contribution in [1.82, 2.24) is 0 Å². The summed E-state index contributed by atoms with van der Waals surface area (Å²) in [6.45, 7) is 3.94. The van der Waals surface area contributed by atoms with E-state index in [4.69, 9.17) is 14.7 Å². The molecule has 0 heterocycles. The van der Waals surface area contributed by atoms with E-state index in [1.807, 2.05) is 13.0 Å². The summed E-state index contributed by atoms with van der Waals surface area (Å²) in [5, 5.41) is 9.13. The fraction of sp³-hybridized carbons (Fsp3) is 0.385. The van der Waals surface area contributed by atoms with Crippen LogP contribution in [0.25, 0.3) is 0 Å². The van der Waals surface area contributed by atoms with Gasteiger partial charge in [0, 0.05) is 0 Å². The molecule has 0 unspecified atom stereocenters. The van der Waals surface area contributed by atoms with Crippen LogP contribution >= 0.6 is 0 Å². The molecular weight excluding hydrogens is 218 g/mol. The van der Waals surface area contributed by atoms with Gasteiger partial charge in [-0.05, 0) is 25.0 Å². The Labute approximate surface area is 101 Å². The number of ether oxygens (including phenoxy) is 2. The minimum atomic E-state index is -0.472. The van der Waals surface area contributed by atoms with Crippen LogP contribution in [0.3, 0.4) is 0 Å². The third-order valence-corrected chi connectivity index (χ3v) is 2.45. The van der Waals surface area contributed by atoms with Crippen LogP contribution < -0.4 is 4.74 Å². The smallest absolute Gasteiger partial charge is 0.339 e. The molecule has 90 valence electrons. The first kappa shape index (κ1) is 13.0. The van der Waals surface area contributed by atoms with Gasteiger partial charge in [0.05, 0.1) is 19.3 Å². The van der Waals surface area contributed by atoms with Crippen LogP contribution in [0.2, 0.25) is 0 Å². The van der Waals surface area contributed by atoms with E-state index in [1.165, 1.54) is 7.11 Å². The summed E-state index contributed by atoms with van der Waals surface area (Å²) in [5.41, 5.74) is 1.35. The topological polar surface area (TPSA) is 59.3 Å². The normalized spacial score (nSPS) is 9.53. The summed E-state index contributed by atoms with van der Waals surface area (Å²) in [6, 6.07) is 5.48. The van der Waals surface area contributed by atoms with Gasteiger partial charge < -0.3 is 9.47 Å². The highest BCUT2D eigenvalue weighted by Crippen LogP contribution is 2.26. The standard InChI is InChI=1S/C13H15NO3/c1-4-9-6-7-11(16-3)10(8-14)12(9)13(15)17-5-2/h6-7H,4-5H2,1-3H3. The number of hydrogen-bond acceptors (Lipinski definition) is 4. The van der Waals surface area contributed by atoms with Gasteiger partial charge in [0.2, 0.25) is 0 Å². The monoisotopic (exact) mass is 233 g/mol. The molecule has 0 atom stereocenters. The van der Waals surface area contributed by atoms with Crippen molar-refractivity contribution in [1.29, 1.82) is 5.26 Å². The first-order valence-corrected chi connectivity index (χ1v) is 5.46. The first-order chi connectivity index (χ1) is 8.19. The maximum atomic E-state index is 11.8. The fourth-order valence-electron chi connectivity index (χ4n) is 1.64. The zero-order valence-electron chi connectivity index (χ0n) is 10.2. The number of hydrogen-bond donors (Lipinski definition) is 0. The molecule has 4 heteroatoms. The second-order valence-electron chi connectivity index (χ2n) is 3.36. The average molecular weight is 233 g/mol. The van der Waals surface area contributed by atoms with Crippen LogP contribution in [0, 0.1) is 11.3 Å². The Morgan fingerprint density at radius 2 is 2.12 bits per heavy atom. The van der Waals surface area contributed by atoms with Crippen LogP contribution in [0.1, 0.15) is 35.3 Å². The molecule has 0 saturated heterocycles. The molecule has 0 aromatic heterocycles. The third kappa shape index (κ3) is 2.56. The van der Waals surface area contributed by atoms with Gasteiger partial charge in [-0.25, -0.2) is 4.79 Å². The van der Waals surface area contributed by atoms with E-state index in [-0.39, 0.29) is 12.2 Å². The molecule has 1 aromatic rings. The number of methoxy groups -OCH3 is 1. The molecule has 0 radical (unpaired) electrons. The van der Waals surface area contributed by atoms with Crippen molar-refractivity contribution >= 4 is 5.97 Å². The van der Waals surface area contributed by atoms with Crippen LogP contribution in [0.5, 0.6) is 5.75 Å². The second-order valence-corrected chi connectivity index (χ2v) is 3.36. The van der Waals surface area contributed by atoms with E-state index in [9.17, 15) is 4.79 Å². The fourth-order valence-corrected chi connectivity index (χ4v) is 1.64. The number of nitriles is 1. The van der Waals surface area contributed by atoms with E-state index >= 15 is 0 Å². The van der Waals surface area contributed by atoms with E-state index in [0.717, 1.165) is 5.56 Å². The first-order valence-electron chi connectivity index (χ1n) is 5.46. The van der Waals surface area contributed by atoms with Gasteiger partial charge in [0.15, 0.2) is 0 Å². The Bertz CT molecular complexity index is 460. The molecule has 0 amide bonds. The van der Waals surface area contributed by atoms with Gasteiger partial charge in [-0.2, -0.15) is 5.26 Å². The van der Waals surface area contributed by atoms with Crippen molar-refractivity contribution in [3.8, 4) is 11.8 Å². The highest BCUT2D eigenvalue weighted by atomic mass is 16.5. The number of aryl methyl sites for hydroxylation is 1. The van der Waals surface area contributed by atoms with Crippen molar-refractivity contribution in [2.45, 2.75) is 20.3 Å². The van der Waals surface area contributed by atoms with E-state index in [1.54, 1.807) is 19.1 Å². The van der Waals surface area contributed by atoms with Crippen molar-refractivity contribution in [3.05, 3.63) is 28.8 Å². The minimum Gasteiger partial charge on any atom is -0.495 e. The second kappa shape index (κ2) is 5.90. The molecule has 0 bridgehead atoms. The van der Waals surface area contributed by atoms with Gasteiger partial charge in [-0.3, -0.25) is 0 Å².